The van der Waals surface area contributed by atoms with Crippen LogP contribution < -0.4 is 4.74 Å². The van der Waals surface area contributed by atoms with E-state index in [4.69, 9.17) is 4.11 Å². The van der Waals surface area contributed by atoms with Gasteiger partial charge in [-0.15, -0.1) is 0 Å². The van der Waals surface area contributed by atoms with Gasteiger partial charge < -0.3 is 4.74 Å². The Morgan fingerprint density at radius 3 is 2.14 bits per heavy atom. The second kappa shape index (κ2) is 5.76. The Morgan fingerprint density at radius 1 is 1.00 bits per heavy atom. The zero-order valence-electron chi connectivity index (χ0n) is 14.3. The van der Waals surface area contributed by atoms with Crippen LogP contribution >= 0.6 is 0 Å². The summed E-state index contributed by atoms with van der Waals surface area (Å²) < 4.78 is 82.5. The van der Waals surface area contributed by atoms with Gasteiger partial charge in [-0.1, -0.05) is 26.0 Å². The lowest BCUT2D eigenvalue weighted by Crippen LogP contribution is -2.07. The number of rotatable bonds is 3. The molecule has 0 saturated heterocycles. The predicted octanol–water partition coefficient (Wildman–Crippen LogP) is 5.04. The van der Waals surface area contributed by atoms with Crippen LogP contribution in [-0.4, -0.2) is 7.04 Å². The van der Waals surface area contributed by atoms with Gasteiger partial charge in [-0.2, -0.15) is 0 Å². The van der Waals surface area contributed by atoms with Gasteiger partial charge in [-0.3, -0.25) is 0 Å². The maximum atomic E-state index is 14.3. The van der Waals surface area contributed by atoms with Crippen molar-refractivity contribution in [2.24, 2.45) is 0 Å². The Morgan fingerprint density at radius 2 is 1.62 bits per heavy atom. The topological polar surface area (TPSA) is 9.23 Å². The fraction of sp³-hybridized carbons (Fsp3) is 0.250. The van der Waals surface area contributed by atoms with Crippen molar-refractivity contribution in [1.82, 2.24) is 0 Å². The van der Waals surface area contributed by atoms with Crippen LogP contribution in [0.3, 0.4) is 0 Å². The lowest BCUT2D eigenvalue weighted by atomic mass is 9.95. The van der Waals surface area contributed by atoms with Crippen LogP contribution in [0.25, 0.3) is 11.1 Å². The molecule has 0 amide bonds. The number of benzene rings is 2. The predicted molar refractivity (Wildman–Crippen MR) is 72.4 cm³/mol. The molecule has 0 aliphatic carbocycles. The molecule has 0 atom stereocenters. The highest BCUT2D eigenvalue weighted by Crippen LogP contribution is 2.35. The molecule has 21 heavy (non-hydrogen) atoms. The van der Waals surface area contributed by atoms with Gasteiger partial charge in [0.05, 0.1) is 16.7 Å². The van der Waals surface area contributed by atoms with E-state index in [-0.39, 0.29) is 11.3 Å². The highest BCUT2D eigenvalue weighted by Gasteiger charge is 2.27. The molecule has 0 fully saturated rings. The lowest BCUT2D eigenvalue weighted by molar-refractivity contribution is 0.414. The normalized spacial score (nSPS) is 13.8. The molecule has 0 heterocycles. The monoisotopic (exact) mass is 301 g/mol. The third kappa shape index (κ3) is 2.60. The Hall–Kier alpha value is -2.04. The molecular weight excluding hydrogens is 284 g/mol. The van der Waals surface area contributed by atoms with Crippen molar-refractivity contribution in [3.05, 3.63) is 53.1 Å². The molecule has 2 aromatic rings. The van der Waals surface area contributed by atoms with Crippen LogP contribution in [0.1, 0.15) is 29.4 Å². The van der Waals surface area contributed by atoms with Crippen LogP contribution in [0.5, 0.6) is 5.75 Å². The number of hydrogen-bond acceptors (Lipinski definition) is 1. The van der Waals surface area contributed by atoms with Crippen LogP contribution in [0, 0.1) is 23.3 Å². The molecule has 0 aliphatic heterocycles. The minimum absolute atomic E-state index is 0.208. The number of methoxy groups -OCH3 is 1. The molecule has 0 unspecified atom stereocenters. The van der Waals surface area contributed by atoms with Gasteiger partial charge in [0.25, 0.3) is 0 Å². The van der Waals surface area contributed by atoms with Crippen molar-refractivity contribution < 1.29 is 26.4 Å². The van der Waals surface area contributed by atoms with Gasteiger partial charge in [0.2, 0.25) is 0 Å². The van der Waals surface area contributed by atoms with Gasteiger partial charge in [-0.05, 0) is 23.6 Å². The average molecular weight is 301 g/mol. The average Bonchev–Trinajstić information content (AvgIpc) is 2.44. The van der Waals surface area contributed by atoms with Gasteiger partial charge in [0.15, 0.2) is 23.3 Å². The molecule has 0 bridgehead atoms. The van der Waals surface area contributed by atoms with E-state index in [1.165, 1.54) is 32.0 Å². The Balaban J connectivity index is 2.64. The van der Waals surface area contributed by atoms with E-state index in [0.717, 1.165) is 6.07 Å². The SMILES string of the molecule is [2H]C([2H])([2H])Oc1cccc(-c2c(F)c(F)c(C(C)C)c(F)c2F)c1. The fourth-order valence-electron chi connectivity index (χ4n) is 2.12. The summed E-state index contributed by atoms with van der Waals surface area (Å²) in [7, 11) is -2.77. The molecule has 0 aliphatic rings. The quantitative estimate of drug-likeness (QED) is 0.570. The van der Waals surface area contributed by atoms with Crippen LogP contribution in [0.2, 0.25) is 0 Å². The molecule has 1 nitrogen and oxygen atoms in total. The van der Waals surface area contributed by atoms with Crippen molar-refractivity contribution in [3.63, 3.8) is 0 Å². The highest BCUT2D eigenvalue weighted by molar-refractivity contribution is 5.67. The lowest BCUT2D eigenvalue weighted by Gasteiger charge is -2.14. The number of ether oxygens (including phenoxy) is 1. The van der Waals surface area contributed by atoms with E-state index in [0.29, 0.717) is 0 Å². The Kier molecular flexibility index (Phi) is 3.18. The molecular formula is C16H14F4O. The molecule has 0 N–H and O–H groups in total. The van der Waals surface area contributed by atoms with Crippen molar-refractivity contribution in [3.8, 4) is 16.9 Å². The number of hydrogen-bond donors (Lipinski definition) is 0. The molecule has 0 saturated carbocycles. The second-order valence-corrected chi connectivity index (χ2v) is 4.83. The first-order chi connectivity index (χ1) is 11.0. The standard InChI is InChI=1S/C16H14F4O/c1-8(2)11-13(17)15(19)12(16(20)14(11)18)9-5-4-6-10(7-9)21-3/h4-8H,1-3H3/i3D3. The molecule has 5 heteroatoms. The second-order valence-electron chi connectivity index (χ2n) is 4.83. The zero-order valence-corrected chi connectivity index (χ0v) is 11.3. The van der Waals surface area contributed by atoms with E-state index in [1.807, 2.05) is 0 Å². The summed E-state index contributed by atoms with van der Waals surface area (Å²) in [4.78, 5) is 0. The minimum atomic E-state index is -2.77. The van der Waals surface area contributed by atoms with Crippen molar-refractivity contribution in [2.75, 3.05) is 7.04 Å². The van der Waals surface area contributed by atoms with E-state index < -0.39 is 47.4 Å². The molecule has 2 rings (SSSR count). The third-order valence-corrected chi connectivity index (χ3v) is 3.12. The Labute approximate surface area is 124 Å². The molecule has 2 aromatic carbocycles. The van der Waals surface area contributed by atoms with E-state index >= 15 is 0 Å². The van der Waals surface area contributed by atoms with Gasteiger partial charge in [0.1, 0.15) is 5.75 Å². The first-order valence-electron chi connectivity index (χ1n) is 7.68. The Bertz CT molecular complexity index is 744. The zero-order chi connectivity index (χ0) is 18.2. The van der Waals surface area contributed by atoms with Gasteiger partial charge in [-0.25, -0.2) is 17.6 Å². The van der Waals surface area contributed by atoms with Crippen LogP contribution in [0.4, 0.5) is 17.6 Å². The van der Waals surface area contributed by atoms with E-state index in [2.05, 4.69) is 4.74 Å². The van der Waals surface area contributed by atoms with Crippen molar-refractivity contribution in [2.45, 2.75) is 19.8 Å². The first kappa shape index (κ1) is 11.6. The highest BCUT2D eigenvalue weighted by atomic mass is 19.2. The summed E-state index contributed by atoms with van der Waals surface area (Å²) >= 11 is 0. The van der Waals surface area contributed by atoms with Crippen LogP contribution in [0.15, 0.2) is 24.3 Å². The van der Waals surface area contributed by atoms with Crippen molar-refractivity contribution in [1.29, 1.82) is 0 Å². The van der Waals surface area contributed by atoms with Crippen LogP contribution in [-0.2, 0) is 0 Å². The van der Waals surface area contributed by atoms with Crippen molar-refractivity contribution >= 4 is 0 Å². The van der Waals surface area contributed by atoms with Gasteiger partial charge in [0, 0.05) is 5.56 Å². The van der Waals surface area contributed by atoms with E-state index in [9.17, 15) is 17.6 Å². The molecule has 0 aromatic heterocycles. The molecule has 0 radical (unpaired) electrons. The summed E-state index contributed by atoms with van der Waals surface area (Å²) in [5, 5.41) is 0. The summed E-state index contributed by atoms with van der Waals surface area (Å²) in [6.45, 7) is 2.82. The molecule has 112 valence electrons. The fourth-order valence-corrected chi connectivity index (χ4v) is 2.12. The smallest absolute Gasteiger partial charge is 0.170 e. The summed E-state index contributed by atoms with van der Waals surface area (Å²) in [6, 6.07) is 4.71. The number of halogens is 4. The molecule has 0 spiro atoms. The van der Waals surface area contributed by atoms with Gasteiger partial charge >= 0.3 is 0 Å². The summed E-state index contributed by atoms with van der Waals surface area (Å²) in [5.74, 6) is -6.98. The third-order valence-electron chi connectivity index (χ3n) is 3.12. The first-order valence-corrected chi connectivity index (χ1v) is 6.18. The largest absolute Gasteiger partial charge is 0.497 e. The van der Waals surface area contributed by atoms with E-state index in [1.54, 1.807) is 0 Å². The maximum absolute atomic E-state index is 14.3. The minimum Gasteiger partial charge on any atom is -0.497 e. The summed E-state index contributed by atoms with van der Waals surface area (Å²) in [6.07, 6.45) is 0. The maximum Gasteiger partial charge on any atom is 0.170 e. The summed E-state index contributed by atoms with van der Waals surface area (Å²) in [5.41, 5.74) is -1.83.